The highest BCUT2D eigenvalue weighted by Crippen LogP contribution is 2.26. The highest BCUT2D eigenvalue weighted by molar-refractivity contribution is 5.99. The predicted molar refractivity (Wildman–Crippen MR) is 72.7 cm³/mol. The number of aromatic amines is 1. The van der Waals surface area contributed by atoms with Crippen LogP contribution in [0.5, 0.6) is 0 Å². The first-order chi connectivity index (χ1) is 9.31. The van der Waals surface area contributed by atoms with E-state index in [1.165, 1.54) is 0 Å². The molecule has 0 fully saturated rings. The molecule has 3 heterocycles. The van der Waals surface area contributed by atoms with E-state index in [-0.39, 0.29) is 5.91 Å². The first kappa shape index (κ1) is 10.3. The number of aromatic nitrogens is 2. The van der Waals surface area contributed by atoms with Gasteiger partial charge in [0, 0.05) is 35.5 Å². The number of carbonyl (C=O) groups is 1. The average molecular weight is 249 g/mol. The van der Waals surface area contributed by atoms with E-state index < -0.39 is 0 Å². The Bertz CT molecular complexity index is 804. The van der Waals surface area contributed by atoms with Crippen LogP contribution in [-0.4, -0.2) is 15.9 Å². The number of fused-ring (bicyclic) bond motifs is 2. The first-order valence-electron chi connectivity index (χ1n) is 6.16. The molecule has 1 amide bonds. The lowest BCUT2D eigenvalue weighted by Gasteiger charge is -2.04. The molecule has 0 saturated heterocycles. The van der Waals surface area contributed by atoms with Gasteiger partial charge in [-0.25, -0.2) is 4.98 Å². The van der Waals surface area contributed by atoms with Gasteiger partial charge < -0.3 is 10.3 Å². The molecule has 4 rings (SSSR count). The number of nitrogens with zero attached hydrogens (tertiary/aromatic N) is 1. The summed E-state index contributed by atoms with van der Waals surface area (Å²) in [7, 11) is 0. The van der Waals surface area contributed by atoms with Crippen molar-refractivity contribution in [1.29, 1.82) is 0 Å². The lowest BCUT2D eigenvalue weighted by atomic mass is 10.0. The van der Waals surface area contributed by atoms with E-state index in [9.17, 15) is 4.79 Å². The maximum Gasteiger partial charge on any atom is 0.251 e. The van der Waals surface area contributed by atoms with Crippen molar-refractivity contribution in [3.05, 3.63) is 53.9 Å². The number of H-pyrrole nitrogens is 1. The van der Waals surface area contributed by atoms with Crippen molar-refractivity contribution in [2.45, 2.75) is 6.54 Å². The minimum absolute atomic E-state index is 0.0146. The number of rotatable bonds is 1. The van der Waals surface area contributed by atoms with Gasteiger partial charge in [0.1, 0.15) is 5.65 Å². The summed E-state index contributed by atoms with van der Waals surface area (Å²) in [4.78, 5) is 19.0. The number of hydrogen-bond donors (Lipinski definition) is 2. The molecule has 1 aliphatic rings. The van der Waals surface area contributed by atoms with Gasteiger partial charge in [-0.05, 0) is 35.4 Å². The Labute approximate surface area is 109 Å². The molecule has 0 saturated carbocycles. The van der Waals surface area contributed by atoms with Gasteiger partial charge in [-0.3, -0.25) is 4.79 Å². The number of benzene rings is 1. The summed E-state index contributed by atoms with van der Waals surface area (Å²) in [5, 5.41) is 3.92. The van der Waals surface area contributed by atoms with Crippen LogP contribution in [0.25, 0.3) is 22.2 Å². The molecule has 2 aromatic heterocycles. The molecule has 1 aromatic carbocycles. The largest absolute Gasteiger partial charge is 0.348 e. The molecule has 4 nitrogen and oxygen atoms in total. The van der Waals surface area contributed by atoms with Crippen molar-refractivity contribution in [2.75, 3.05) is 0 Å². The topological polar surface area (TPSA) is 57.8 Å². The molecule has 0 atom stereocenters. The summed E-state index contributed by atoms with van der Waals surface area (Å²) < 4.78 is 0. The second-order valence-corrected chi connectivity index (χ2v) is 4.69. The van der Waals surface area contributed by atoms with Crippen LogP contribution in [-0.2, 0) is 6.54 Å². The molecule has 3 aromatic rings. The molecule has 19 heavy (non-hydrogen) atoms. The minimum Gasteiger partial charge on any atom is -0.348 e. The Morgan fingerprint density at radius 1 is 1.11 bits per heavy atom. The fourth-order valence-electron chi connectivity index (χ4n) is 2.51. The highest BCUT2D eigenvalue weighted by atomic mass is 16.1. The Morgan fingerprint density at radius 2 is 2.05 bits per heavy atom. The van der Waals surface area contributed by atoms with E-state index in [0.717, 1.165) is 33.3 Å². The maximum absolute atomic E-state index is 11.5. The Hall–Kier alpha value is -2.62. The molecule has 0 spiro atoms. The second kappa shape index (κ2) is 3.68. The Kier molecular flexibility index (Phi) is 2.00. The van der Waals surface area contributed by atoms with E-state index in [1.54, 1.807) is 0 Å². The first-order valence-corrected chi connectivity index (χ1v) is 6.16. The zero-order chi connectivity index (χ0) is 12.8. The molecule has 2 N–H and O–H groups in total. The van der Waals surface area contributed by atoms with Gasteiger partial charge in [-0.1, -0.05) is 6.07 Å². The van der Waals surface area contributed by atoms with Gasteiger partial charge in [0.2, 0.25) is 0 Å². The molecule has 0 aliphatic carbocycles. The molecule has 0 radical (unpaired) electrons. The molecule has 1 aliphatic heterocycles. The fourth-order valence-corrected chi connectivity index (χ4v) is 2.51. The monoisotopic (exact) mass is 249 g/mol. The maximum atomic E-state index is 11.5. The molecule has 0 unspecified atom stereocenters. The van der Waals surface area contributed by atoms with Crippen LogP contribution in [0.15, 0.2) is 42.7 Å². The van der Waals surface area contributed by atoms with Crippen LogP contribution in [0.2, 0.25) is 0 Å². The minimum atomic E-state index is 0.0146. The number of hydrogen-bond acceptors (Lipinski definition) is 2. The van der Waals surface area contributed by atoms with Gasteiger partial charge >= 0.3 is 0 Å². The summed E-state index contributed by atoms with van der Waals surface area (Å²) in [5.74, 6) is 0.0146. The number of carbonyl (C=O) groups excluding carboxylic acids is 1. The lowest BCUT2D eigenvalue weighted by molar-refractivity contribution is 0.0966. The van der Waals surface area contributed by atoms with Crippen LogP contribution in [0.1, 0.15) is 15.9 Å². The smallest absolute Gasteiger partial charge is 0.251 e. The van der Waals surface area contributed by atoms with Crippen molar-refractivity contribution in [2.24, 2.45) is 0 Å². The van der Waals surface area contributed by atoms with Gasteiger partial charge in [-0.15, -0.1) is 0 Å². The molecular weight excluding hydrogens is 238 g/mol. The second-order valence-electron chi connectivity index (χ2n) is 4.69. The zero-order valence-electron chi connectivity index (χ0n) is 10.1. The van der Waals surface area contributed by atoms with Crippen molar-refractivity contribution in [1.82, 2.24) is 15.3 Å². The quantitative estimate of drug-likeness (QED) is 0.696. The number of nitrogens with one attached hydrogen (secondary N) is 2. The van der Waals surface area contributed by atoms with Crippen LogP contribution in [0.4, 0.5) is 0 Å². The predicted octanol–water partition coefficient (Wildman–Crippen LogP) is 2.47. The summed E-state index contributed by atoms with van der Waals surface area (Å²) in [5.41, 5.74) is 4.87. The normalized spacial score (nSPS) is 13.6. The van der Waals surface area contributed by atoms with Crippen LogP contribution < -0.4 is 5.32 Å². The summed E-state index contributed by atoms with van der Waals surface area (Å²) >= 11 is 0. The highest BCUT2D eigenvalue weighted by Gasteiger charge is 2.18. The van der Waals surface area contributed by atoms with Gasteiger partial charge in [-0.2, -0.15) is 0 Å². The van der Waals surface area contributed by atoms with Crippen LogP contribution in [0.3, 0.4) is 0 Å². The van der Waals surface area contributed by atoms with E-state index >= 15 is 0 Å². The van der Waals surface area contributed by atoms with Crippen molar-refractivity contribution in [3.63, 3.8) is 0 Å². The van der Waals surface area contributed by atoms with Gasteiger partial charge in [0.15, 0.2) is 0 Å². The van der Waals surface area contributed by atoms with Crippen LogP contribution >= 0.6 is 0 Å². The van der Waals surface area contributed by atoms with E-state index in [4.69, 9.17) is 0 Å². The number of amides is 1. The average Bonchev–Trinajstić information content (AvgIpc) is 3.04. The van der Waals surface area contributed by atoms with Gasteiger partial charge in [0.05, 0.1) is 0 Å². The van der Waals surface area contributed by atoms with Crippen molar-refractivity contribution in [3.8, 4) is 11.1 Å². The molecule has 4 heteroatoms. The SMILES string of the molecule is O=C1NCc2cc(-c3cnc4[nH]ccc4c3)ccc21. The van der Waals surface area contributed by atoms with E-state index in [1.807, 2.05) is 30.6 Å². The molecule has 92 valence electrons. The van der Waals surface area contributed by atoms with Crippen LogP contribution in [0, 0.1) is 0 Å². The van der Waals surface area contributed by atoms with Crippen molar-refractivity contribution >= 4 is 16.9 Å². The Balaban J connectivity index is 1.85. The van der Waals surface area contributed by atoms with E-state index in [2.05, 4.69) is 27.4 Å². The fraction of sp³-hybridized carbons (Fsp3) is 0.0667. The summed E-state index contributed by atoms with van der Waals surface area (Å²) in [6, 6.07) is 10.0. The third kappa shape index (κ3) is 1.53. The summed E-state index contributed by atoms with van der Waals surface area (Å²) in [6.07, 6.45) is 3.73. The third-order valence-electron chi connectivity index (χ3n) is 3.52. The molecular formula is C15H11N3O. The molecule has 0 bridgehead atoms. The lowest BCUT2D eigenvalue weighted by Crippen LogP contribution is -2.12. The van der Waals surface area contributed by atoms with Gasteiger partial charge in [0.25, 0.3) is 5.91 Å². The van der Waals surface area contributed by atoms with Crippen molar-refractivity contribution < 1.29 is 4.79 Å². The Morgan fingerprint density at radius 3 is 3.00 bits per heavy atom. The summed E-state index contributed by atoms with van der Waals surface area (Å²) in [6.45, 7) is 0.613. The third-order valence-corrected chi connectivity index (χ3v) is 3.52. The zero-order valence-corrected chi connectivity index (χ0v) is 10.1. The standard InChI is InChI=1S/C15H11N3O/c19-15-13-2-1-9(5-12(13)8-18-15)11-6-10-3-4-16-14(10)17-7-11/h1-7H,8H2,(H,16,17)(H,18,19). The van der Waals surface area contributed by atoms with E-state index in [0.29, 0.717) is 6.54 Å². The number of pyridine rings is 1.